The molecule has 3 aromatic rings. The third kappa shape index (κ3) is 5.71. The van der Waals surface area contributed by atoms with E-state index in [0.29, 0.717) is 13.1 Å². The van der Waals surface area contributed by atoms with Crippen LogP contribution in [0.5, 0.6) is 11.6 Å². The summed E-state index contributed by atoms with van der Waals surface area (Å²) in [6.45, 7) is 8.56. The minimum absolute atomic E-state index is 0.315. The Hall–Kier alpha value is -2.63. The molecule has 2 aromatic carbocycles. The summed E-state index contributed by atoms with van der Waals surface area (Å²) < 4.78 is 8.24. The summed E-state index contributed by atoms with van der Waals surface area (Å²) in [5.74, 6) is 1.51. The molecule has 1 N–H and O–H groups in total. The number of hydrogen-bond donors (Lipinski definition) is 1. The van der Waals surface area contributed by atoms with Gasteiger partial charge in [-0.3, -0.25) is 4.90 Å². The molecule has 0 radical (unpaired) electrons. The molecule has 1 aromatic heterocycles. The number of aryl methyl sites for hydroxylation is 1. The molecule has 0 bridgehead atoms. The fourth-order valence-corrected chi connectivity index (χ4v) is 3.67. The Labute approximate surface area is 179 Å². The number of para-hydroxylation sites is 2. The number of nitrogens with zero attached hydrogens (tertiary/aromatic N) is 3. The van der Waals surface area contributed by atoms with Crippen molar-refractivity contribution < 1.29 is 9.84 Å². The minimum atomic E-state index is -0.315. The normalized spacial score (nSPS) is 12.3. The van der Waals surface area contributed by atoms with Crippen LogP contribution in [0.15, 0.2) is 60.7 Å². The van der Waals surface area contributed by atoms with E-state index in [0.717, 1.165) is 54.4 Å². The van der Waals surface area contributed by atoms with Crippen LogP contribution in [0.2, 0.25) is 0 Å². The van der Waals surface area contributed by atoms with Crippen molar-refractivity contribution in [1.29, 1.82) is 0 Å². The van der Waals surface area contributed by atoms with Gasteiger partial charge in [-0.1, -0.05) is 56.7 Å². The Bertz CT molecular complexity index is 894. The highest BCUT2D eigenvalue weighted by molar-refractivity contribution is 5.43. The summed E-state index contributed by atoms with van der Waals surface area (Å²) in [5, 5.41) is 15.2. The van der Waals surface area contributed by atoms with Crippen molar-refractivity contribution in [3.8, 4) is 17.3 Å². The number of ether oxygens (including phenoxy) is 1. The van der Waals surface area contributed by atoms with Gasteiger partial charge in [-0.25, -0.2) is 4.68 Å². The fraction of sp³-hybridized carbons (Fsp3) is 0.400. The molecule has 5 heteroatoms. The summed E-state index contributed by atoms with van der Waals surface area (Å²) in [7, 11) is 0. The Balaban J connectivity index is 1.96. The second-order valence-corrected chi connectivity index (χ2v) is 7.71. The van der Waals surface area contributed by atoms with Crippen molar-refractivity contribution in [2.45, 2.75) is 52.7 Å². The quantitative estimate of drug-likeness (QED) is 0.466. The molecular formula is C25H33N3O2. The van der Waals surface area contributed by atoms with Crippen molar-refractivity contribution in [2.75, 3.05) is 13.1 Å². The summed E-state index contributed by atoms with van der Waals surface area (Å²) >= 11 is 0. The summed E-state index contributed by atoms with van der Waals surface area (Å²) in [5.41, 5.74) is 2.96. The Morgan fingerprint density at radius 1 is 1.00 bits per heavy atom. The lowest BCUT2D eigenvalue weighted by Gasteiger charge is -2.25. The van der Waals surface area contributed by atoms with Gasteiger partial charge in [-0.15, -0.1) is 0 Å². The Morgan fingerprint density at radius 2 is 1.67 bits per heavy atom. The maximum Gasteiger partial charge on any atom is 0.227 e. The van der Waals surface area contributed by atoms with Crippen LogP contribution < -0.4 is 4.74 Å². The average molecular weight is 408 g/mol. The van der Waals surface area contributed by atoms with E-state index in [1.807, 2.05) is 72.3 Å². The smallest absolute Gasteiger partial charge is 0.227 e. The van der Waals surface area contributed by atoms with E-state index in [-0.39, 0.29) is 6.10 Å². The van der Waals surface area contributed by atoms with Crippen LogP contribution >= 0.6 is 0 Å². The number of aliphatic hydroxyl groups is 1. The van der Waals surface area contributed by atoms with Gasteiger partial charge in [0.15, 0.2) is 0 Å². The second-order valence-electron chi connectivity index (χ2n) is 7.71. The largest absolute Gasteiger partial charge is 0.439 e. The molecule has 5 nitrogen and oxygen atoms in total. The van der Waals surface area contributed by atoms with E-state index in [1.165, 1.54) is 0 Å². The molecule has 0 saturated carbocycles. The first-order valence-electron chi connectivity index (χ1n) is 10.9. The zero-order chi connectivity index (χ0) is 21.3. The molecule has 0 spiro atoms. The Kier molecular flexibility index (Phi) is 8.05. The first-order valence-corrected chi connectivity index (χ1v) is 10.9. The average Bonchev–Trinajstić information content (AvgIpc) is 3.05. The lowest BCUT2D eigenvalue weighted by molar-refractivity contribution is 0.100. The molecule has 30 heavy (non-hydrogen) atoms. The molecule has 0 fully saturated rings. The molecule has 0 aliphatic rings. The molecule has 0 aliphatic heterocycles. The van der Waals surface area contributed by atoms with Gasteiger partial charge >= 0.3 is 0 Å². The standard InChI is InChI=1S/C25H33N3O2/c1-4-12-22(29)18-27(17-5-2)19-24-20(3)26-28(21-13-8-6-9-14-21)25(24)30-23-15-10-7-11-16-23/h6-11,13-16,22,29H,4-5,12,17-19H2,1-3H3. The molecule has 1 heterocycles. The summed E-state index contributed by atoms with van der Waals surface area (Å²) in [4.78, 5) is 2.30. The highest BCUT2D eigenvalue weighted by Crippen LogP contribution is 2.31. The van der Waals surface area contributed by atoms with Gasteiger partial charge in [0.2, 0.25) is 5.88 Å². The monoisotopic (exact) mass is 407 g/mol. The zero-order valence-electron chi connectivity index (χ0n) is 18.3. The van der Waals surface area contributed by atoms with Gasteiger partial charge < -0.3 is 9.84 Å². The number of benzene rings is 2. The minimum Gasteiger partial charge on any atom is -0.439 e. The fourth-order valence-electron chi connectivity index (χ4n) is 3.67. The highest BCUT2D eigenvalue weighted by atomic mass is 16.5. The van der Waals surface area contributed by atoms with Gasteiger partial charge in [0.1, 0.15) is 5.75 Å². The van der Waals surface area contributed by atoms with Crippen LogP contribution in [0.1, 0.15) is 44.4 Å². The number of aromatic nitrogens is 2. The van der Waals surface area contributed by atoms with Gasteiger partial charge in [0.25, 0.3) is 0 Å². The molecule has 0 saturated heterocycles. The predicted octanol–water partition coefficient (Wildman–Crippen LogP) is 5.35. The summed E-state index contributed by atoms with van der Waals surface area (Å²) in [6.07, 6.45) is 2.51. The van der Waals surface area contributed by atoms with Gasteiger partial charge in [0, 0.05) is 13.1 Å². The molecule has 0 aliphatic carbocycles. The van der Waals surface area contributed by atoms with Crippen LogP contribution in [0.4, 0.5) is 0 Å². The Morgan fingerprint density at radius 3 is 2.30 bits per heavy atom. The third-order valence-electron chi connectivity index (χ3n) is 5.11. The van der Waals surface area contributed by atoms with Crippen LogP contribution in [-0.4, -0.2) is 39.0 Å². The topological polar surface area (TPSA) is 50.5 Å². The molecule has 160 valence electrons. The lowest BCUT2D eigenvalue weighted by atomic mass is 10.1. The van der Waals surface area contributed by atoms with Crippen LogP contribution in [-0.2, 0) is 6.54 Å². The predicted molar refractivity (Wildman–Crippen MR) is 121 cm³/mol. The molecular weight excluding hydrogens is 374 g/mol. The maximum absolute atomic E-state index is 10.4. The van der Waals surface area contributed by atoms with Crippen LogP contribution in [0.3, 0.4) is 0 Å². The van der Waals surface area contributed by atoms with Gasteiger partial charge in [0.05, 0.1) is 23.0 Å². The number of hydrogen-bond acceptors (Lipinski definition) is 4. The van der Waals surface area contributed by atoms with Crippen molar-refractivity contribution in [2.24, 2.45) is 0 Å². The maximum atomic E-state index is 10.4. The SMILES string of the molecule is CCCC(O)CN(CCC)Cc1c(C)nn(-c2ccccc2)c1Oc1ccccc1. The van der Waals surface area contributed by atoms with Crippen LogP contribution in [0, 0.1) is 6.92 Å². The van der Waals surface area contributed by atoms with E-state index in [4.69, 9.17) is 9.84 Å². The first kappa shape index (κ1) is 22.1. The number of rotatable bonds is 11. The van der Waals surface area contributed by atoms with E-state index in [1.54, 1.807) is 0 Å². The van der Waals surface area contributed by atoms with E-state index < -0.39 is 0 Å². The van der Waals surface area contributed by atoms with Crippen molar-refractivity contribution in [3.63, 3.8) is 0 Å². The molecule has 0 amide bonds. The van der Waals surface area contributed by atoms with E-state index in [2.05, 4.69) is 18.7 Å². The third-order valence-corrected chi connectivity index (χ3v) is 5.11. The highest BCUT2D eigenvalue weighted by Gasteiger charge is 2.22. The summed E-state index contributed by atoms with van der Waals surface area (Å²) in [6, 6.07) is 19.9. The molecule has 1 unspecified atom stereocenters. The van der Waals surface area contributed by atoms with Crippen molar-refractivity contribution >= 4 is 0 Å². The van der Waals surface area contributed by atoms with Gasteiger partial charge in [-0.2, -0.15) is 5.10 Å². The van der Waals surface area contributed by atoms with E-state index >= 15 is 0 Å². The number of aliphatic hydroxyl groups excluding tert-OH is 1. The van der Waals surface area contributed by atoms with Gasteiger partial charge in [-0.05, 0) is 50.6 Å². The lowest BCUT2D eigenvalue weighted by Crippen LogP contribution is -2.33. The first-order chi connectivity index (χ1) is 14.6. The molecule has 1 atom stereocenters. The second kappa shape index (κ2) is 11.0. The molecule has 3 rings (SSSR count). The van der Waals surface area contributed by atoms with Crippen molar-refractivity contribution in [1.82, 2.24) is 14.7 Å². The van der Waals surface area contributed by atoms with Crippen molar-refractivity contribution in [3.05, 3.63) is 71.9 Å². The van der Waals surface area contributed by atoms with Crippen LogP contribution in [0.25, 0.3) is 5.69 Å². The zero-order valence-corrected chi connectivity index (χ0v) is 18.3. The van der Waals surface area contributed by atoms with E-state index in [9.17, 15) is 5.11 Å².